The minimum absolute atomic E-state index is 0.00548. The monoisotopic (exact) mass is 920 g/mol. The summed E-state index contributed by atoms with van der Waals surface area (Å²) in [6.45, 7) is 4.38. The van der Waals surface area contributed by atoms with E-state index in [0.717, 1.165) is 5.56 Å². The van der Waals surface area contributed by atoms with Gasteiger partial charge in [-0.15, -0.1) is 0 Å². The molecule has 65 heavy (non-hydrogen) atoms. The number of aliphatic carboxylic acids is 2. The van der Waals surface area contributed by atoms with Gasteiger partial charge in [-0.3, -0.25) is 43.2 Å². The van der Waals surface area contributed by atoms with Crippen molar-refractivity contribution in [1.29, 1.82) is 0 Å². The lowest BCUT2D eigenvalue weighted by Gasteiger charge is -2.26. The van der Waals surface area contributed by atoms with E-state index < -0.39 is 96.3 Å². The van der Waals surface area contributed by atoms with Crippen LogP contribution >= 0.6 is 0 Å². The summed E-state index contributed by atoms with van der Waals surface area (Å²) in [5.74, 6) is -6.91. The number of carbonyl (C=O) groups excluding carboxylic acids is 7. The first kappa shape index (κ1) is 57.3. The van der Waals surface area contributed by atoms with Crippen LogP contribution in [0.25, 0.3) is 0 Å². The standard InChI is InChI=1S/C44H73N9O12/c1-29(2)26-33(40(61)48-24-25-54)51-44(65)34(27-30-14-6-3-7-15-30)52-42(63)31(16-10-12-22-46)49-36(55)18-9-5-13-23-47-41(62)35(28-39(59)60)53-43(64)32(19-20-38(57)58)50-37(56)17-8-4-11-21-45/h3,6-7,14-15,29,31-35,54H,4-5,8-13,16-28,45-46H2,1-2H3,(H,47,62)(H,48,61)(H,49,55)(H,50,56)(H,51,65)(H,52,63)(H,53,64)(H,57,58)(H,59,60)/t31-,32-,33-,34-,35-/m0/s1. The highest BCUT2D eigenvalue weighted by atomic mass is 16.4. The molecule has 7 amide bonds. The van der Waals surface area contributed by atoms with Gasteiger partial charge in [0.1, 0.15) is 30.2 Å². The van der Waals surface area contributed by atoms with Crippen molar-refractivity contribution in [2.75, 3.05) is 32.8 Å². The fourth-order valence-electron chi connectivity index (χ4n) is 6.63. The lowest BCUT2D eigenvalue weighted by Crippen LogP contribution is -2.57. The topological polar surface area (TPSA) is 351 Å². The van der Waals surface area contributed by atoms with Crippen molar-refractivity contribution in [2.24, 2.45) is 17.4 Å². The van der Waals surface area contributed by atoms with Gasteiger partial charge in [0.25, 0.3) is 0 Å². The Labute approximate surface area is 381 Å². The summed E-state index contributed by atoms with van der Waals surface area (Å²) in [6.07, 6.45) is 3.26. The van der Waals surface area contributed by atoms with Crippen LogP contribution in [0, 0.1) is 5.92 Å². The number of nitrogens with one attached hydrogen (secondary N) is 7. The van der Waals surface area contributed by atoms with E-state index in [9.17, 15) is 53.4 Å². The molecular formula is C44H73N9O12. The minimum atomic E-state index is -1.53. The van der Waals surface area contributed by atoms with Gasteiger partial charge in [0.05, 0.1) is 13.0 Å². The van der Waals surface area contributed by atoms with E-state index in [-0.39, 0.29) is 57.7 Å². The van der Waals surface area contributed by atoms with Crippen molar-refractivity contribution in [2.45, 2.75) is 147 Å². The molecule has 0 radical (unpaired) electrons. The first-order valence-electron chi connectivity index (χ1n) is 22.5. The summed E-state index contributed by atoms with van der Waals surface area (Å²) >= 11 is 0. The quantitative estimate of drug-likeness (QED) is 0.0377. The predicted octanol–water partition coefficient (Wildman–Crippen LogP) is -0.528. The SMILES string of the molecule is CC(C)C[C@H](NC(=O)[C@H](Cc1ccccc1)NC(=O)[C@H](CCCCN)NC(=O)CCCCCNC(=O)[C@H](CC(=O)O)NC(=O)[C@H](CCC(=O)O)NC(=O)CCCCCN)C(=O)NCCO. The molecule has 0 fully saturated rings. The van der Waals surface area contributed by atoms with Crippen LogP contribution in [0.4, 0.5) is 0 Å². The second-order valence-electron chi connectivity index (χ2n) is 16.3. The molecule has 0 aliphatic carbocycles. The largest absolute Gasteiger partial charge is 0.481 e. The van der Waals surface area contributed by atoms with Crippen molar-refractivity contribution in [3.63, 3.8) is 0 Å². The van der Waals surface area contributed by atoms with Crippen LogP contribution in [0.2, 0.25) is 0 Å². The molecule has 21 heteroatoms. The number of carbonyl (C=O) groups is 9. The molecule has 21 nitrogen and oxygen atoms in total. The number of hydrogen-bond donors (Lipinski definition) is 12. The zero-order chi connectivity index (χ0) is 48.6. The number of aliphatic hydroxyl groups is 1. The first-order valence-corrected chi connectivity index (χ1v) is 22.5. The summed E-state index contributed by atoms with van der Waals surface area (Å²) in [5.41, 5.74) is 11.9. The third-order valence-corrected chi connectivity index (χ3v) is 10.1. The van der Waals surface area contributed by atoms with E-state index in [1.54, 1.807) is 24.3 Å². The van der Waals surface area contributed by atoms with Gasteiger partial charge in [0.2, 0.25) is 41.4 Å². The Hall–Kier alpha value is -5.67. The summed E-state index contributed by atoms with van der Waals surface area (Å²) in [6, 6.07) is 3.07. The van der Waals surface area contributed by atoms with Gasteiger partial charge in [-0.2, -0.15) is 0 Å². The Morgan fingerprint density at radius 1 is 0.523 bits per heavy atom. The van der Waals surface area contributed by atoms with Crippen LogP contribution in [0.3, 0.4) is 0 Å². The Bertz CT molecular complexity index is 1650. The van der Waals surface area contributed by atoms with Gasteiger partial charge in [-0.05, 0) is 82.4 Å². The van der Waals surface area contributed by atoms with E-state index in [4.69, 9.17) is 16.6 Å². The fraction of sp³-hybridized carbons (Fsp3) is 0.659. The van der Waals surface area contributed by atoms with Crippen molar-refractivity contribution in [1.82, 2.24) is 37.2 Å². The number of rotatable bonds is 36. The number of carboxylic acid groups (broad SMARTS) is 2. The molecule has 0 bridgehead atoms. The number of nitrogens with two attached hydrogens (primary N) is 2. The molecule has 0 aromatic heterocycles. The molecule has 0 aliphatic rings. The van der Waals surface area contributed by atoms with Gasteiger partial charge in [-0.1, -0.05) is 57.0 Å². The van der Waals surface area contributed by atoms with Crippen molar-refractivity contribution < 1.29 is 58.5 Å². The van der Waals surface area contributed by atoms with E-state index in [1.165, 1.54) is 0 Å². The molecule has 0 unspecified atom stereocenters. The molecule has 14 N–H and O–H groups in total. The predicted molar refractivity (Wildman–Crippen MR) is 240 cm³/mol. The van der Waals surface area contributed by atoms with Crippen LogP contribution in [0.15, 0.2) is 30.3 Å². The van der Waals surface area contributed by atoms with Crippen LogP contribution in [-0.2, 0) is 49.6 Å². The van der Waals surface area contributed by atoms with Gasteiger partial charge in [0, 0.05) is 38.8 Å². The van der Waals surface area contributed by atoms with Crippen LogP contribution in [-0.4, -0.2) is 132 Å². The highest BCUT2D eigenvalue weighted by Crippen LogP contribution is 2.11. The third kappa shape index (κ3) is 26.7. The summed E-state index contributed by atoms with van der Waals surface area (Å²) in [5, 5.41) is 46.0. The Kier molecular flexibility index (Phi) is 29.8. The Morgan fingerprint density at radius 3 is 1.58 bits per heavy atom. The van der Waals surface area contributed by atoms with E-state index >= 15 is 0 Å². The minimum Gasteiger partial charge on any atom is -0.481 e. The Morgan fingerprint density at radius 2 is 1.03 bits per heavy atom. The molecule has 1 aromatic rings. The van der Waals surface area contributed by atoms with Crippen molar-refractivity contribution in [3.05, 3.63) is 35.9 Å². The maximum atomic E-state index is 13.8. The van der Waals surface area contributed by atoms with E-state index in [0.29, 0.717) is 70.9 Å². The molecule has 5 atom stereocenters. The van der Waals surface area contributed by atoms with Crippen molar-refractivity contribution >= 4 is 53.3 Å². The molecule has 1 aromatic carbocycles. The summed E-state index contributed by atoms with van der Waals surface area (Å²) < 4.78 is 0. The van der Waals surface area contributed by atoms with Crippen molar-refractivity contribution in [3.8, 4) is 0 Å². The second kappa shape index (κ2) is 33.8. The number of unbranched alkanes of at least 4 members (excludes halogenated alkanes) is 5. The van der Waals surface area contributed by atoms with Crippen LogP contribution in [0.1, 0.15) is 116 Å². The number of benzene rings is 1. The molecule has 0 saturated carbocycles. The van der Waals surface area contributed by atoms with Gasteiger partial charge in [-0.25, -0.2) is 0 Å². The maximum Gasteiger partial charge on any atom is 0.305 e. The first-order chi connectivity index (χ1) is 31.0. The lowest BCUT2D eigenvalue weighted by atomic mass is 10.0. The summed E-state index contributed by atoms with van der Waals surface area (Å²) in [7, 11) is 0. The smallest absolute Gasteiger partial charge is 0.305 e. The van der Waals surface area contributed by atoms with Crippen LogP contribution in [0.5, 0.6) is 0 Å². The fourth-order valence-corrected chi connectivity index (χ4v) is 6.63. The highest BCUT2D eigenvalue weighted by Gasteiger charge is 2.31. The van der Waals surface area contributed by atoms with Gasteiger partial charge in [0.15, 0.2) is 0 Å². The number of carboxylic acids is 2. The number of aliphatic hydroxyl groups excluding tert-OH is 1. The number of amides is 7. The average Bonchev–Trinajstić information content (AvgIpc) is 3.25. The zero-order valence-corrected chi connectivity index (χ0v) is 37.9. The second-order valence-corrected chi connectivity index (χ2v) is 16.3. The van der Waals surface area contributed by atoms with E-state index in [2.05, 4.69) is 37.2 Å². The Balaban J connectivity index is 2.90. The molecule has 0 spiro atoms. The molecule has 0 aliphatic heterocycles. The normalized spacial score (nSPS) is 13.3. The molecule has 1 rings (SSSR count). The third-order valence-electron chi connectivity index (χ3n) is 10.1. The lowest BCUT2D eigenvalue weighted by molar-refractivity contribution is -0.141. The summed E-state index contributed by atoms with van der Waals surface area (Å²) in [4.78, 5) is 115. The molecule has 0 heterocycles. The van der Waals surface area contributed by atoms with Crippen LogP contribution < -0.4 is 48.7 Å². The average molecular weight is 920 g/mol. The molecule has 0 saturated heterocycles. The molecular weight excluding hydrogens is 847 g/mol. The van der Waals surface area contributed by atoms with Gasteiger partial charge < -0.3 is 64.0 Å². The number of hydrogen-bond acceptors (Lipinski definition) is 12. The van der Waals surface area contributed by atoms with Gasteiger partial charge >= 0.3 is 11.9 Å². The highest BCUT2D eigenvalue weighted by molar-refractivity contribution is 5.95. The maximum absolute atomic E-state index is 13.8. The zero-order valence-electron chi connectivity index (χ0n) is 37.9. The van der Waals surface area contributed by atoms with E-state index in [1.807, 2.05) is 19.9 Å². The molecule has 366 valence electrons.